The Kier molecular flexibility index (Phi) is 7.04. The van der Waals surface area contributed by atoms with E-state index in [0.717, 1.165) is 11.8 Å². The van der Waals surface area contributed by atoms with Crippen LogP contribution in [0, 0.1) is 6.92 Å². The van der Waals surface area contributed by atoms with Gasteiger partial charge in [0.1, 0.15) is 0 Å². The number of morpholine rings is 1. The number of amides is 1. The SMILES string of the molecule is CCOC(=O)C1=C(C(F)(F)F)N=C2SC=C(CC(=O)N3CCOCC3)N2C1c1ccccc1C. The average Bonchev–Trinajstić information content (AvgIpc) is 3.21. The zero-order valence-corrected chi connectivity index (χ0v) is 19.5. The van der Waals surface area contributed by atoms with Crippen LogP contribution in [0.15, 0.2) is 51.6 Å². The van der Waals surface area contributed by atoms with Crippen LogP contribution in [-0.2, 0) is 19.1 Å². The van der Waals surface area contributed by atoms with Crippen LogP contribution in [-0.4, -0.2) is 65.9 Å². The molecule has 3 aliphatic heterocycles. The molecule has 34 heavy (non-hydrogen) atoms. The Bertz CT molecular complexity index is 1080. The summed E-state index contributed by atoms with van der Waals surface area (Å²) >= 11 is 1.01. The summed E-state index contributed by atoms with van der Waals surface area (Å²) in [6.45, 7) is 4.99. The number of ether oxygens (including phenoxy) is 2. The molecule has 182 valence electrons. The van der Waals surface area contributed by atoms with Crippen molar-refractivity contribution in [3.63, 3.8) is 0 Å². The van der Waals surface area contributed by atoms with Gasteiger partial charge in [0.25, 0.3) is 0 Å². The van der Waals surface area contributed by atoms with Crippen molar-refractivity contribution in [2.24, 2.45) is 4.99 Å². The third kappa shape index (κ3) is 4.72. The minimum atomic E-state index is -4.87. The van der Waals surface area contributed by atoms with Crippen molar-refractivity contribution >= 4 is 28.8 Å². The summed E-state index contributed by atoms with van der Waals surface area (Å²) in [6.07, 6.45) is -4.90. The predicted molar refractivity (Wildman–Crippen MR) is 121 cm³/mol. The van der Waals surface area contributed by atoms with Crippen molar-refractivity contribution in [3.05, 3.63) is 57.8 Å². The fourth-order valence-electron chi connectivity index (χ4n) is 4.16. The lowest BCUT2D eigenvalue weighted by Gasteiger charge is -2.38. The van der Waals surface area contributed by atoms with E-state index in [0.29, 0.717) is 43.1 Å². The fraction of sp³-hybridized carbons (Fsp3) is 0.435. The van der Waals surface area contributed by atoms with E-state index in [1.54, 1.807) is 46.4 Å². The average molecular weight is 496 g/mol. The van der Waals surface area contributed by atoms with E-state index in [-0.39, 0.29) is 24.1 Å². The highest BCUT2D eigenvalue weighted by atomic mass is 32.2. The number of hydrogen-bond donors (Lipinski definition) is 0. The Morgan fingerprint density at radius 2 is 1.94 bits per heavy atom. The molecule has 0 spiro atoms. The summed E-state index contributed by atoms with van der Waals surface area (Å²) < 4.78 is 52.6. The zero-order valence-electron chi connectivity index (χ0n) is 18.7. The van der Waals surface area contributed by atoms with Gasteiger partial charge in [-0.25, -0.2) is 9.79 Å². The third-order valence-electron chi connectivity index (χ3n) is 5.75. The van der Waals surface area contributed by atoms with Crippen molar-refractivity contribution in [1.29, 1.82) is 0 Å². The second kappa shape index (κ2) is 9.83. The van der Waals surface area contributed by atoms with E-state index in [1.165, 1.54) is 6.92 Å². The molecule has 0 bridgehead atoms. The van der Waals surface area contributed by atoms with Gasteiger partial charge in [0.15, 0.2) is 10.9 Å². The normalized spacial score (nSPS) is 20.7. The number of rotatable bonds is 5. The van der Waals surface area contributed by atoms with Gasteiger partial charge >= 0.3 is 12.1 Å². The lowest BCUT2D eigenvalue weighted by atomic mass is 9.90. The number of benzene rings is 1. The highest BCUT2D eigenvalue weighted by Crippen LogP contribution is 2.48. The third-order valence-corrected chi connectivity index (χ3v) is 6.64. The van der Waals surface area contributed by atoms with Crippen LogP contribution in [0.4, 0.5) is 13.2 Å². The fourth-order valence-corrected chi connectivity index (χ4v) is 5.07. The molecule has 0 aromatic heterocycles. The monoisotopic (exact) mass is 495 g/mol. The van der Waals surface area contributed by atoms with Gasteiger partial charge in [0, 0.05) is 18.8 Å². The minimum absolute atomic E-state index is 0.0359. The van der Waals surface area contributed by atoms with Gasteiger partial charge in [-0.3, -0.25) is 4.79 Å². The van der Waals surface area contributed by atoms with Gasteiger partial charge in [-0.05, 0) is 30.4 Å². The Morgan fingerprint density at radius 3 is 2.59 bits per heavy atom. The lowest BCUT2D eigenvalue weighted by molar-refractivity contribution is -0.140. The van der Waals surface area contributed by atoms with Crippen molar-refractivity contribution in [3.8, 4) is 0 Å². The molecule has 4 rings (SSSR count). The number of esters is 1. The highest BCUT2D eigenvalue weighted by molar-refractivity contribution is 8.16. The van der Waals surface area contributed by atoms with E-state index < -0.39 is 29.5 Å². The first-order valence-electron chi connectivity index (χ1n) is 10.9. The number of hydrogen-bond acceptors (Lipinski definition) is 7. The van der Waals surface area contributed by atoms with Crippen LogP contribution in [0.25, 0.3) is 0 Å². The topological polar surface area (TPSA) is 71.4 Å². The molecular formula is C23H24F3N3O4S. The summed E-state index contributed by atoms with van der Waals surface area (Å²) in [7, 11) is 0. The Morgan fingerprint density at radius 1 is 1.24 bits per heavy atom. The number of aryl methyl sites for hydroxylation is 1. The molecule has 7 nitrogen and oxygen atoms in total. The number of amidine groups is 1. The highest BCUT2D eigenvalue weighted by Gasteiger charge is 2.49. The largest absolute Gasteiger partial charge is 0.463 e. The molecule has 1 saturated heterocycles. The summed E-state index contributed by atoms with van der Waals surface area (Å²) in [5.74, 6) is -1.25. The van der Waals surface area contributed by atoms with Crippen LogP contribution in [0.3, 0.4) is 0 Å². The molecule has 3 heterocycles. The molecule has 0 aliphatic carbocycles. The molecule has 1 amide bonds. The van der Waals surface area contributed by atoms with Crippen LogP contribution < -0.4 is 0 Å². The number of thioether (sulfide) groups is 1. The van der Waals surface area contributed by atoms with Gasteiger partial charge in [0.05, 0.1) is 37.9 Å². The summed E-state index contributed by atoms with van der Waals surface area (Å²) in [5.41, 5.74) is -0.164. The lowest BCUT2D eigenvalue weighted by Crippen LogP contribution is -2.43. The Hall–Kier alpha value is -2.79. The summed E-state index contributed by atoms with van der Waals surface area (Å²) in [4.78, 5) is 32.9. The van der Waals surface area contributed by atoms with Crippen LogP contribution in [0.5, 0.6) is 0 Å². The second-order valence-electron chi connectivity index (χ2n) is 7.90. The van der Waals surface area contributed by atoms with Crippen LogP contribution in [0.2, 0.25) is 0 Å². The number of nitrogens with zero attached hydrogens (tertiary/aromatic N) is 3. The number of halogens is 3. The van der Waals surface area contributed by atoms with Crippen LogP contribution >= 0.6 is 11.8 Å². The maximum Gasteiger partial charge on any atom is 0.434 e. The molecule has 11 heteroatoms. The van der Waals surface area contributed by atoms with Gasteiger partial charge in [0.2, 0.25) is 5.91 Å². The van der Waals surface area contributed by atoms with E-state index in [9.17, 15) is 22.8 Å². The standard InChI is InChI=1S/C23H24F3N3O4S/c1-3-33-21(31)18-19(16-7-5-4-6-14(16)2)29-15(12-17(30)28-8-10-32-11-9-28)13-34-22(29)27-20(18)23(24,25)26/h4-7,13,19H,3,8-12H2,1-2H3. The van der Waals surface area contributed by atoms with Gasteiger partial charge in [-0.15, -0.1) is 0 Å². The Balaban J connectivity index is 1.80. The first-order valence-corrected chi connectivity index (χ1v) is 11.7. The first-order chi connectivity index (χ1) is 16.2. The Labute approximate surface area is 199 Å². The second-order valence-corrected chi connectivity index (χ2v) is 8.74. The number of carbonyl (C=O) groups is 2. The summed E-state index contributed by atoms with van der Waals surface area (Å²) in [6, 6.07) is 5.79. The van der Waals surface area contributed by atoms with E-state index in [1.807, 2.05) is 0 Å². The smallest absolute Gasteiger partial charge is 0.434 e. The number of alkyl halides is 3. The maximum absolute atomic E-state index is 14.1. The molecule has 0 N–H and O–H groups in total. The molecular weight excluding hydrogens is 471 g/mol. The van der Waals surface area contributed by atoms with E-state index in [4.69, 9.17) is 9.47 Å². The molecule has 0 radical (unpaired) electrons. The van der Waals surface area contributed by atoms with Crippen LogP contribution in [0.1, 0.15) is 30.5 Å². The zero-order chi connectivity index (χ0) is 24.5. The molecule has 1 unspecified atom stereocenters. The van der Waals surface area contributed by atoms with Crippen molar-refractivity contribution in [1.82, 2.24) is 9.80 Å². The predicted octanol–water partition coefficient (Wildman–Crippen LogP) is 3.92. The molecule has 3 aliphatic rings. The molecule has 1 fully saturated rings. The van der Waals surface area contributed by atoms with Gasteiger partial charge < -0.3 is 19.3 Å². The quantitative estimate of drug-likeness (QED) is 0.577. The minimum Gasteiger partial charge on any atom is -0.463 e. The van der Waals surface area contributed by atoms with Crippen molar-refractivity contribution in [2.45, 2.75) is 32.5 Å². The van der Waals surface area contributed by atoms with Gasteiger partial charge in [-0.2, -0.15) is 13.2 Å². The number of allylic oxidation sites excluding steroid dienone is 1. The first kappa shape index (κ1) is 24.3. The number of aliphatic imine (C=N–C) groups is 1. The van der Waals surface area contributed by atoms with E-state index >= 15 is 0 Å². The van der Waals surface area contributed by atoms with Crippen molar-refractivity contribution in [2.75, 3.05) is 32.9 Å². The molecule has 1 aromatic carbocycles. The van der Waals surface area contributed by atoms with Crippen molar-refractivity contribution < 1.29 is 32.2 Å². The molecule has 0 saturated carbocycles. The molecule has 1 atom stereocenters. The number of carbonyl (C=O) groups excluding carboxylic acids is 2. The summed E-state index contributed by atoms with van der Waals surface area (Å²) in [5, 5.41) is 1.70. The molecule has 1 aromatic rings. The maximum atomic E-state index is 14.1. The van der Waals surface area contributed by atoms with Gasteiger partial charge in [-0.1, -0.05) is 36.0 Å². The number of fused-ring (bicyclic) bond motifs is 1. The van der Waals surface area contributed by atoms with E-state index in [2.05, 4.69) is 4.99 Å².